The Hall–Kier alpha value is -0.0300. The lowest BCUT2D eigenvalue weighted by Gasteiger charge is -2.01. The zero-order valence-electron chi connectivity index (χ0n) is 6.92. The molecule has 0 radical (unpaired) electrons. The molecule has 4 N–H and O–H groups in total. The number of rotatable bonds is 4. The molecule has 1 atom stereocenters. The first-order chi connectivity index (χ1) is 5.50. The zero-order valence-corrected chi connectivity index (χ0v) is 7.81. The van der Waals surface area contributed by atoms with Crippen molar-refractivity contribution in [2.75, 3.05) is 13.2 Å². The van der Waals surface area contributed by atoms with E-state index in [2.05, 4.69) is 6.58 Å². The Kier molecular flexibility index (Phi) is 13.2. The van der Waals surface area contributed by atoms with Crippen LogP contribution in [-0.2, 0) is 4.74 Å². The van der Waals surface area contributed by atoms with Crippen LogP contribution in [0.2, 0.25) is 0 Å². The molecule has 0 aromatic rings. The van der Waals surface area contributed by atoms with Crippen molar-refractivity contribution in [2.24, 2.45) is 0 Å². The third kappa shape index (κ3) is 32.5. The smallest absolute Gasteiger partial charge is 0.324 e. The SMILES string of the molecule is C=CCOCC(C)O.OP(O)O. The third-order valence-corrected chi connectivity index (χ3v) is 0.595. The van der Waals surface area contributed by atoms with Crippen molar-refractivity contribution >= 4 is 8.60 Å². The summed E-state index contributed by atoms with van der Waals surface area (Å²) in [6.45, 7) is 6.05. The third-order valence-electron chi connectivity index (χ3n) is 0.595. The number of aliphatic hydroxyl groups is 1. The fourth-order valence-electron chi connectivity index (χ4n) is 0.322. The molecule has 1 unspecified atom stereocenters. The Labute approximate surface area is 72.9 Å². The average molecular weight is 198 g/mol. The number of hydrogen-bond acceptors (Lipinski definition) is 5. The monoisotopic (exact) mass is 198 g/mol. The van der Waals surface area contributed by atoms with Crippen molar-refractivity contribution in [2.45, 2.75) is 13.0 Å². The molecule has 74 valence electrons. The molecule has 0 saturated carbocycles. The minimum absolute atomic E-state index is 0.366. The van der Waals surface area contributed by atoms with Crippen LogP contribution in [-0.4, -0.2) is 39.1 Å². The molecule has 6 heteroatoms. The minimum Gasteiger partial charge on any atom is -0.391 e. The molecule has 0 aromatic carbocycles. The van der Waals surface area contributed by atoms with E-state index in [-0.39, 0.29) is 6.10 Å². The molecule has 12 heavy (non-hydrogen) atoms. The van der Waals surface area contributed by atoms with E-state index in [9.17, 15) is 0 Å². The summed E-state index contributed by atoms with van der Waals surface area (Å²) in [6.07, 6.45) is 1.29. The van der Waals surface area contributed by atoms with Crippen molar-refractivity contribution in [1.82, 2.24) is 0 Å². The zero-order chi connectivity index (χ0) is 9.98. The summed E-state index contributed by atoms with van der Waals surface area (Å²) in [4.78, 5) is 21.7. The largest absolute Gasteiger partial charge is 0.391 e. The van der Waals surface area contributed by atoms with Gasteiger partial charge in [-0.25, -0.2) is 0 Å². The molecule has 0 heterocycles. The average Bonchev–Trinajstić information content (AvgIpc) is 1.86. The van der Waals surface area contributed by atoms with Crippen LogP contribution in [0.5, 0.6) is 0 Å². The first kappa shape index (κ1) is 14.5. The molecule has 0 rings (SSSR count). The predicted octanol–water partition coefficient (Wildman–Crippen LogP) is -0.240. The van der Waals surface area contributed by atoms with Crippen LogP contribution in [0, 0.1) is 0 Å². The van der Waals surface area contributed by atoms with Gasteiger partial charge in [0.1, 0.15) is 0 Å². The van der Waals surface area contributed by atoms with Crippen LogP contribution >= 0.6 is 8.60 Å². The Morgan fingerprint density at radius 3 is 2.17 bits per heavy atom. The lowest BCUT2D eigenvalue weighted by molar-refractivity contribution is 0.0599. The molecule has 0 aromatic heterocycles. The van der Waals surface area contributed by atoms with Crippen molar-refractivity contribution < 1.29 is 24.5 Å². The maximum atomic E-state index is 8.62. The Morgan fingerprint density at radius 2 is 1.92 bits per heavy atom. The summed E-state index contributed by atoms with van der Waals surface area (Å²) in [5, 5.41) is 8.62. The van der Waals surface area contributed by atoms with Gasteiger partial charge in [0.15, 0.2) is 0 Å². The second-order valence-corrected chi connectivity index (χ2v) is 2.48. The van der Waals surface area contributed by atoms with Gasteiger partial charge < -0.3 is 24.5 Å². The summed E-state index contributed by atoms with van der Waals surface area (Å²) >= 11 is 0. The van der Waals surface area contributed by atoms with E-state index in [0.717, 1.165) is 0 Å². The highest BCUT2D eigenvalue weighted by molar-refractivity contribution is 7.38. The Balaban J connectivity index is 0. The second-order valence-electron chi connectivity index (χ2n) is 1.94. The van der Waals surface area contributed by atoms with Crippen LogP contribution in [0.3, 0.4) is 0 Å². The van der Waals surface area contributed by atoms with Gasteiger partial charge in [0.05, 0.1) is 19.3 Å². The van der Waals surface area contributed by atoms with Gasteiger partial charge in [-0.05, 0) is 6.92 Å². The number of aliphatic hydroxyl groups excluding tert-OH is 1. The summed E-state index contributed by atoms with van der Waals surface area (Å²) in [5.41, 5.74) is 0. The van der Waals surface area contributed by atoms with Crippen LogP contribution in [0.1, 0.15) is 6.92 Å². The normalized spacial score (nSPS) is 11.8. The summed E-state index contributed by atoms with van der Waals surface area (Å²) in [7, 11) is -2.62. The molecule has 0 fully saturated rings. The van der Waals surface area contributed by atoms with E-state index in [1.54, 1.807) is 13.0 Å². The van der Waals surface area contributed by atoms with E-state index in [1.807, 2.05) is 0 Å². The minimum atomic E-state index is -2.62. The fourth-order valence-corrected chi connectivity index (χ4v) is 0.322. The molecule has 0 aliphatic heterocycles. The van der Waals surface area contributed by atoms with Gasteiger partial charge >= 0.3 is 8.60 Å². The van der Waals surface area contributed by atoms with Crippen molar-refractivity contribution in [1.29, 1.82) is 0 Å². The van der Waals surface area contributed by atoms with Gasteiger partial charge in [0, 0.05) is 0 Å². The quantitative estimate of drug-likeness (QED) is 0.284. The number of ether oxygens (including phenoxy) is 1. The molecule has 0 saturated heterocycles. The molecular weight excluding hydrogens is 183 g/mol. The molecule has 0 spiro atoms. The topological polar surface area (TPSA) is 90.2 Å². The summed E-state index contributed by atoms with van der Waals surface area (Å²) in [6, 6.07) is 0. The lowest BCUT2D eigenvalue weighted by atomic mass is 10.4. The van der Waals surface area contributed by atoms with Crippen LogP contribution < -0.4 is 0 Å². The van der Waals surface area contributed by atoms with Gasteiger partial charge in [0.25, 0.3) is 0 Å². The highest BCUT2D eigenvalue weighted by atomic mass is 31.2. The van der Waals surface area contributed by atoms with Crippen LogP contribution in [0.15, 0.2) is 12.7 Å². The van der Waals surface area contributed by atoms with E-state index < -0.39 is 8.60 Å². The van der Waals surface area contributed by atoms with Crippen LogP contribution in [0.25, 0.3) is 0 Å². The van der Waals surface area contributed by atoms with Gasteiger partial charge in [-0.1, -0.05) is 6.08 Å². The lowest BCUT2D eigenvalue weighted by Crippen LogP contribution is -2.09. The van der Waals surface area contributed by atoms with Crippen LogP contribution in [0.4, 0.5) is 0 Å². The molecule has 0 bridgehead atoms. The van der Waals surface area contributed by atoms with Gasteiger partial charge in [-0.2, -0.15) is 0 Å². The maximum absolute atomic E-state index is 8.62. The molecule has 0 amide bonds. The summed E-state index contributed by atoms with van der Waals surface area (Å²) in [5.74, 6) is 0. The predicted molar refractivity (Wildman–Crippen MR) is 46.3 cm³/mol. The van der Waals surface area contributed by atoms with E-state index in [1.165, 1.54) is 0 Å². The maximum Gasteiger partial charge on any atom is 0.324 e. The van der Waals surface area contributed by atoms with Gasteiger partial charge in [-0.15, -0.1) is 6.58 Å². The van der Waals surface area contributed by atoms with Crippen molar-refractivity contribution in [3.8, 4) is 0 Å². The Bertz CT molecular complexity index is 93.2. The van der Waals surface area contributed by atoms with Gasteiger partial charge in [-0.3, -0.25) is 0 Å². The first-order valence-electron chi connectivity index (χ1n) is 3.24. The summed E-state index contributed by atoms with van der Waals surface area (Å²) < 4.78 is 4.88. The van der Waals surface area contributed by atoms with Crippen molar-refractivity contribution in [3.05, 3.63) is 12.7 Å². The molecular formula is C6H15O5P. The second kappa shape index (κ2) is 11.0. The number of hydrogen-bond donors (Lipinski definition) is 4. The van der Waals surface area contributed by atoms with E-state index >= 15 is 0 Å². The van der Waals surface area contributed by atoms with E-state index in [0.29, 0.717) is 13.2 Å². The van der Waals surface area contributed by atoms with E-state index in [4.69, 9.17) is 24.5 Å². The van der Waals surface area contributed by atoms with Crippen molar-refractivity contribution in [3.63, 3.8) is 0 Å². The molecule has 5 nitrogen and oxygen atoms in total. The fraction of sp³-hybridized carbons (Fsp3) is 0.667. The molecule has 0 aliphatic carbocycles. The standard InChI is InChI=1S/C6H12O2.H3O3P/c1-3-4-8-5-6(2)7;1-4(2)3/h3,6-7H,1,4-5H2,2H3;1-3H. The highest BCUT2D eigenvalue weighted by Crippen LogP contribution is 2.11. The molecule has 0 aliphatic rings. The van der Waals surface area contributed by atoms with Gasteiger partial charge in [0.2, 0.25) is 0 Å². The first-order valence-corrected chi connectivity index (χ1v) is 4.44. The highest BCUT2D eigenvalue weighted by Gasteiger charge is 1.90. The Morgan fingerprint density at radius 1 is 1.50 bits per heavy atom.